The maximum absolute atomic E-state index is 13.2. The molecular formula is C24H31N5O3S. The van der Waals surface area contributed by atoms with Gasteiger partial charge in [0, 0.05) is 17.0 Å². The molecule has 1 aromatic carbocycles. The minimum atomic E-state index is -3.09. The standard InChI is InChI=1S/C24H31N5O3S/c1-6-17-18(7-2)26-20-12-15(8-9-19(20)25-17)23(30)27-22-13-21(24(3,4)5)28-29(22)16-10-11-33(31,32)14-16/h8-9,12-13,16H,6-7,10-11,14H2,1-5H3,(H,27,30). The summed E-state index contributed by atoms with van der Waals surface area (Å²) < 4.78 is 25.8. The van der Waals surface area contributed by atoms with Crippen LogP contribution >= 0.6 is 0 Å². The highest BCUT2D eigenvalue weighted by molar-refractivity contribution is 7.91. The molecular weight excluding hydrogens is 438 g/mol. The first kappa shape index (κ1) is 23.4. The number of fused-ring (bicyclic) bond motifs is 1. The molecule has 9 heteroatoms. The molecule has 1 aliphatic rings. The summed E-state index contributed by atoms with van der Waals surface area (Å²) in [5, 5.41) is 7.64. The molecule has 0 spiro atoms. The number of anilines is 1. The van der Waals surface area contributed by atoms with E-state index in [0.29, 0.717) is 23.3 Å². The number of hydrogen-bond acceptors (Lipinski definition) is 6. The van der Waals surface area contributed by atoms with Gasteiger partial charge in [-0.15, -0.1) is 0 Å². The fraction of sp³-hybridized carbons (Fsp3) is 0.500. The number of aromatic nitrogens is 4. The van der Waals surface area contributed by atoms with Crippen LogP contribution in [-0.2, 0) is 28.1 Å². The molecule has 0 aliphatic carbocycles. The third-order valence-corrected chi connectivity index (χ3v) is 7.80. The van der Waals surface area contributed by atoms with Gasteiger partial charge in [-0.3, -0.25) is 4.79 Å². The summed E-state index contributed by atoms with van der Waals surface area (Å²) in [7, 11) is -3.09. The monoisotopic (exact) mass is 469 g/mol. The molecule has 1 fully saturated rings. The molecule has 8 nitrogen and oxygen atoms in total. The van der Waals surface area contributed by atoms with Gasteiger partial charge < -0.3 is 5.32 Å². The Morgan fingerprint density at radius 3 is 2.33 bits per heavy atom. The predicted molar refractivity (Wildman–Crippen MR) is 129 cm³/mol. The van der Waals surface area contributed by atoms with Crippen molar-refractivity contribution in [1.82, 2.24) is 19.7 Å². The lowest BCUT2D eigenvalue weighted by Gasteiger charge is -2.15. The van der Waals surface area contributed by atoms with Crippen LogP contribution in [0.5, 0.6) is 0 Å². The summed E-state index contributed by atoms with van der Waals surface area (Å²) in [6.07, 6.45) is 2.08. The molecule has 1 saturated heterocycles. The summed E-state index contributed by atoms with van der Waals surface area (Å²) >= 11 is 0. The second-order valence-corrected chi connectivity index (χ2v) is 11.9. The van der Waals surface area contributed by atoms with E-state index in [2.05, 4.69) is 17.3 Å². The summed E-state index contributed by atoms with van der Waals surface area (Å²) in [6, 6.07) is 6.86. The van der Waals surface area contributed by atoms with E-state index < -0.39 is 9.84 Å². The van der Waals surface area contributed by atoms with Crippen molar-refractivity contribution >= 4 is 32.6 Å². The average molecular weight is 470 g/mol. The molecule has 0 saturated carbocycles. The number of sulfone groups is 1. The summed E-state index contributed by atoms with van der Waals surface area (Å²) in [5.41, 5.74) is 4.39. The van der Waals surface area contributed by atoms with E-state index in [1.165, 1.54) is 0 Å². The van der Waals surface area contributed by atoms with Gasteiger partial charge in [0.25, 0.3) is 5.91 Å². The molecule has 1 amide bonds. The van der Waals surface area contributed by atoms with Crippen molar-refractivity contribution in [3.8, 4) is 0 Å². The van der Waals surface area contributed by atoms with E-state index in [1.54, 1.807) is 16.8 Å². The van der Waals surface area contributed by atoms with Crippen molar-refractivity contribution < 1.29 is 13.2 Å². The SMILES string of the molecule is CCc1nc2ccc(C(=O)Nc3cc(C(C)(C)C)nn3C3CCS(=O)(=O)C3)cc2nc1CC. The minimum absolute atomic E-state index is 0.0340. The Balaban J connectivity index is 1.67. The minimum Gasteiger partial charge on any atom is -0.307 e. The van der Waals surface area contributed by atoms with Crippen LogP contribution in [0.4, 0.5) is 5.82 Å². The zero-order valence-electron chi connectivity index (χ0n) is 19.8. The van der Waals surface area contributed by atoms with Crippen molar-refractivity contribution in [3.63, 3.8) is 0 Å². The second kappa shape index (κ2) is 8.52. The molecule has 176 valence electrons. The maximum Gasteiger partial charge on any atom is 0.256 e. The van der Waals surface area contributed by atoms with Crippen LogP contribution in [-0.4, -0.2) is 45.6 Å². The van der Waals surface area contributed by atoms with Gasteiger partial charge in [0.2, 0.25) is 0 Å². The van der Waals surface area contributed by atoms with Gasteiger partial charge in [0.05, 0.1) is 45.7 Å². The number of nitrogens with zero attached hydrogens (tertiary/aromatic N) is 4. The Bertz CT molecular complexity index is 1320. The van der Waals surface area contributed by atoms with E-state index in [4.69, 9.17) is 9.97 Å². The first-order chi connectivity index (χ1) is 15.5. The van der Waals surface area contributed by atoms with Gasteiger partial charge in [0.15, 0.2) is 9.84 Å². The predicted octanol–water partition coefficient (Wildman–Crippen LogP) is 3.86. The summed E-state index contributed by atoms with van der Waals surface area (Å²) in [4.78, 5) is 22.6. The number of amides is 1. The Labute approximate surface area is 194 Å². The fourth-order valence-corrected chi connectivity index (χ4v) is 5.82. The van der Waals surface area contributed by atoms with Crippen LogP contribution in [0.15, 0.2) is 24.3 Å². The molecule has 1 atom stereocenters. The zero-order chi connectivity index (χ0) is 24.0. The molecule has 3 heterocycles. The number of benzene rings is 1. The van der Waals surface area contributed by atoms with Crippen molar-refractivity contribution in [3.05, 3.63) is 46.9 Å². The smallest absolute Gasteiger partial charge is 0.256 e. The van der Waals surface area contributed by atoms with E-state index in [-0.39, 0.29) is 28.9 Å². The third-order valence-electron chi connectivity index (χ3n) is 6.05. The topological polar surface area (TPSA) is 107 Å². The number of carbonyl (C=O) groups excluding carboxylic acids is 1. The van der Waals surface area contributed by atoms with Crippen LogP contribution in [0, 0.1) is 0 Å². The highest BCUT2D eigenvalue weighted by atomic mass is 32.2. The van der Waals surface area contributed by atoms with E-state index in [1.807, 2.05) is 39.8 Å². The van der Waals surface area contributed by atoms with Crippen molar-refractivity contribution in [2.45, 2.75) is 65.3 Å². The largest absolute Gasteiger partial charge is 0.307 e. The fourth-order valence-electron chi connectivity index (χ4n) is 4.12. The third kappa shape index (κ3) is 4.78. The Morgan fingerprint density at radius 1 is 1.09 bits per heavy atom. The average Bonchev–Trinajstić information content (AvgIpc) is 3.34. The number of hydrogen-bond donors (Lipinski definition) is 1. The number of rotatable bonds is 5. The van der Waals surface area contributed by atoms with Crippen LogP contribution in [0.1, 0.15) is 74.5 Å². The number of nitrogens with one attached hydrogen (secondary N) is 1. The molecule has 1 unspecified atom stereocenters. The molecule has 0 radical (unpaired) electrons. The zero-order valence-corrected chi connectivity index (χ0v) is 20.7. The van der Waals surface area contributed by atoms with Gasteiger partial charge in [-0.05, 0) is 37.5 Å². The Hall–Kier alpha value is -2.81. The van der Waals surface area contributed by atoms with Crippen molar-refractivity contribution in [2.75, 3.05) is 16.8 Å². The van der Waals surface area contributed by atoms with Gasteiger partial charge in [-0.2, -0.15) is 5.10 Å². The second-order valence-electron chi connectivity index (χ2n) is 9.65. The highest BCUT2D eigenvalue weighted by Gasteiger charge is 2.33. The van der Waals surface area contributed by atoms with Crippen LogP contribution < -0.4 is 5.32 Å². The molecule has 3 aromatic rings. The molecule has 4 rings (SSSR count). The van der Waals surface area contributed by atoms with E-state index >= 15 is 0 Å². The molecule has 1 N–H and O–H groups in total. The molecule has 33 heavy (non-hydrogen) atoms. The summed E-state index contributed by atoms with van der Waals surface area (Å²) in [5.74, 6) is 0.387. The van der Waals surface area contributed by atoms with Crippen molar-refractivity contribution in [2.24, 2.45) is 0 Å². The Morgan fingerprint density at radius 2 is 1.76 bits per heavy atom. The lowest BCUT2D eigenvalue weighted by atomic mass is 9.92. The number of aryl methyl sites for hydroxylation is 2. The van der Waals surface area contributed by atoms with Gasteiger partial charge in [-0.1, -0.05) is 34.6 Å². The first-order valence-electron chi connectivity index (χ1n) is 11.4. The van der Waals surface area contributed by atoms with E-state index in [9.17, 15) is 13.2 Å². The Kier molecular flexibility index (Phi) is 6.03. The van der Waals surface area contributed by atoms with Crippen LogP contribution in [0.2, 0.25) is 0 Å². The van der Waals surface area contributed by atoms with Gasteiger partial charge >= 0.3 is 0 Å². The lowest BCUT2D eigenvalue weighted by molar-refractivity contribution is 0.102. The van der Waals surface area contributed by atoms with Crippen LogP contribution in [0.3, 0.4) is 0 Å². The summed E-state index contributed by atoms with van der Waals surface area (Å²) in [6.45, 7) is 10.2. The maximum atomic E-state index is 13.2. The normalized spacial score (nSPS) is 18.0. The lowest BCUT2D eigenvalue weighted by Crippen LogP contribution is -2.20. The van der Waals surface area contributed by atoms with Crippen molar-refractivity contribution in [1.29, 1.82) is 0 Å². The van der Waals surface area contributed by atoms with Crippen LogP contribution in [0.25, 0.3) is 11.0 Å². The molecule has 2 aromatic heterocycles. The highest BCUT2D eigenvalue weighted by Crippen LogP contribution is 2.31. The number of carbonyl (C=O) groups is 1. The first-order valence-corrected chi connectivity index (χ1v) is 13.2. The van der Waals surface area contributed by atoms with Gasteiger partial charge in [-0.25, -0.2) is 23.1 Å². The quantitative estimate of drug-likeness (QED) is 0.608. The molecule has 0 bridgehead atoms. The van der Waals surface area contributed by atoms with E-state index in [0.717, 1.165) is 35.4 Å². The molecule has 1 aliphatic heterocycles. The van der Waals surface area contributed by atoms with Gasteiger partial charge in [0.1, 0.15) is 5.82 Å².